The Morgan fingerprint density at radius 3 is 1.28 bits per heavy atom. The lowest BCUT2D eigenvalue weighted by molar-refractivity contribution is 0.488. The van der Waals surface area contributed by atoms with E-state index in [1.54, 1.807) is 0 Å². The van der Waals surface area contributed by atoms with E-state index in [1.807, 2.05) is 34.0 Å². The quantitative estimate of drug-likeness (QED) is 0.127. The van der Waals surface area contributed by atoms with Crippen LogP contribution < -0.4 is 62.0 Å². The summed E-state index contributed by atoms with van der Waals surface area (Å²) in [5.41, 5.74) is 25.6. The molecule has 7 heterocycles. The smallest absolute Gasteiger partial charge is 0.256 e. The van der Waals surface area contributed by atoms with Gasteiger partial charge >= 0.3 is 0 Å². The highest BCUT2D eigenvalue weighted by Crippen LogP contribution is 2.56. The van der Waals surface area contributed by atoms with Crippen LogP contribution in [-0.2, 0) is 0 Å². The molecule has 0 spiro atoms. The average Bonchev–Trinajstić information content (AvgIpc) is 0.735. The van der Waals surface area contributed by atoms with Gasteiger partial charge in [-0.2, -0.15) is 0 Å². The summed E-state index contributed by atoms with van der Waals surface area (Å²) in [4.78, 5) is 12.7. The molecule has 0 radical (unpaired) electrons. The maximum atomic E-state index is 8.05. The monoisotopic (exact) mass is 1420 g/mol. The summed E-state index contributed by atoms with van der Waals surface area (Å²) in [6.45, 7) is -0.509. The van der Waals surface area contributed by atoms with Crippen molar-refractivity contribution in [1.29, 1.82) is 0 Å². The summed E-state index contributed by atoms with van der Waals surface area (Å²) in [5, 5.41) is 7.47. The van der Waals surface area contributed by atoms with Crippen molar-refractivity contribution in [2.45, 2.75) is 0 Å². The van der Waals surface area contributed by atoms with Gasteiger partial charge in [-0.3, -0.25) is 0 Å². The first-order valence-corrected chi connectivity index (χ1v) is 39.0. The van der Waals surface area contributed by atoms with Crippen LogP contribution >= 0.6 is 34.0 Å². The third-order valence-corrected chi connectivity index (χ3v) is 25.9. The van der Waals surface area contributed by atoms with E-state index >= 15 is 0 Å². The second-order valence-electron chi connectivity index (χ2n) is 28.1. The number of hydrogen-bond acceptors (Lipinski definition) is 9. The first-order valence-electron chi connectivity index (χ1n) is 36.5. The van der Waals surface area contributed by atoms with Crippen LogP contribution in [0.15, 0.2) is 358 Å². The molecule has 0 fully saturated rings. The molecule has 0 N–H and O–H groups in total. The van der Waals surface area contributed by atoms with Crippen molar-refractivity contribution in [3.8, 4) is 22.6 Å². The zero-order valence-corrected chi connectivity index (χ0v) is 60.0. The molecule has 0 bridgehead atoms. The second-order valence-corrected chi connectivity index (χ2v) is 31.3. The van der Waals surface area contributed by atoms with Crippen LogP contribution in [0.3, 0.4) is 0 Å². The van der Waals surface area contributed by atoms with Gasteiger partial charge in [0.05, 0.1) is 38.8 Å². The van der Waals surface area contributed by atoms with Crippen LogP contribution in [-0.4, -0.2) is 13.4 Å². The zero-order chi connectivity index (χ0) is 70.0. The Hall–Kier alpha value is -12.9. The first-order chi connectivity index (χ1) is 53.1. The predicted octanol–water partition coefficient (Wildman–Crippen LogP) is 23.9. The number of hydrogen-bond donors (Lipinski definition) is 0. The maximum absolute atomic E-state index is 8.05. The highest BCUT2D eigenvalue weighted by molar-refractivity contribution is 7.27. The van der Waals surface area contributed by atoms with Crippen LogP contribution in [0.25, 0.3) is 71.6 Å². The maximum Gasteiger partial charge on any atom is 0.256 e. The largest absolute Gasteiger partial charge is 0.458 e. The van der Waals surface area contributed by atoms with E-state index in [1.165, 1.54) is 82.4 Å². The Kier molecular flexibility index (Phi) is 13.5. The molecular weight excluding hydrogens is 1360 g/mol. The number of nitrogens with zero attached hydrogens (tertiary/aromatic N) is 5. The molecular formula is C96H59B2N5OS3. The molecule has 3 aromatic heterocycles. The molecule has 4 aliphatic heterocycles. The standard InChI is InChI=1S/C96H59B2N5OS3/c1-5-28-60(29-6-1)66-36-13-19-43-75(66)101-81-59-85-74(98-72-42-18-21-45-77(72)103(79-47-27-53-91-93(79)70-39-16-24-51-89(70)106-91)84-56-65(57-86(104-85)95(84)98)99(61-30-7-2-8-31-61)62-32-9-3-10-33-62)58-73(81)97-71-41-17-20-44-76(71)102(78-46-26-52-90-92(78)69-38-15-23-50-88(69)105-90)83-55-64(54-82(101)94(83)97)100(63-34-11-4-12-35-63)80-48-25-40-68-67-37-14-22-49-87(67)107-96(68)80/h1-59H. The van der Waals surface area contributed by atoms with Gasteiger partial charge in [-0.15, -0.1) is 34.0 Å². The molecule has 0 amide bonds. The van der Waals surface area contributed by atoms with Gasteiger partial charge in [0.25, 0.3) is 13.4 Å². The number of para-hydroxylation sites is 6. The topological polar surface area (TPSA) is 25.4 Å². The van der Waals surface area contributed by atoms with Crippen molar-refractivity contribution in [2.75, 3.05) is 24.5 Å². The van der Waals surface area contributed by atoms with E-state index in [4.69, 9.17) is 4.74 Å². The number of fused-ring (bicyclic) bond motifs is 17. The fourth-order valence-corrected chi connectivity index (χ4v) is 21.5. The number of rotatable bonds is 10. The highest BCUT2D eigenvalue weighted by atomic mass is 32.1. The lowest BCUT2D eigenvalue weighted by atomic mass is 9.30. The zero-order valence-electron chi connectivity index (χ0n) is 57.6. The molecule has 23 rings (SSSR count). The SMILES string of the molecule is c1ccc(-c2ccccc2N2c3cc4c(cc3B3c5ccccc5N(c5cccc6sc7ccccc7c56)c5cc(N(c6ccccc6)c6cccc7c6sc6ccccc67)cc2c53)B2c3ccccc3N(c3cccc5sc6ccccc6c35)c3cc(N(c5ccccc5)c5ccccc5)cc(c32)O4)cc1. The fraction of sp³-hybridized carbons (Fsp3) is 0. The molecule has 4 aliphatic rings. The second kappa shape index (κ2) is 23.8. The Balaban J connectivity index is 0.835. The summed E-state index contributed by atoms with van der Waals surface area (Å²) in [5.74, 6) is 1.63. The normalized spacial score (nSPS) is 13.0. The van der Waals surface area contributed by atoms with Crippen LogP contribution in [0.2, 0.25) is 0 Å². The predicted molar refractivity (Wildman–Crippen MR) is 460 cm³/mol. The van der Waals surface area contributed by atoms with Gasteiger partial charge in [-0.1, -0.05) is 224 Å². The average molecular weight is 1420 g/mol. The van der Waals surface area contributed by atoms with Gasteiger partial charge in [0.1, 0.15) is 11.5 Å². The van der Waals surface area contributed by atoms with E-state index in [2.05, 4.69) is 382 Å². The molecule has 19 aromatic rings. The van der Waals surface area contributed by atoms with E-state index in [0.717, 1.165) is 119 Å². The van der Waals surface area contributed by atoms with Crippen LogP contribution in [0.1, 0.15) is 0 Å². The Labute approximate surface area is 631 Å². The van der Waals surface area contributed by atoms with Crippen LogP contribution in [0.4, 0.5) is 85.3 Å². The molecule has 0 saturated heterocycles. The van der Waals surface area contributed by atoms with Crippen molar-refractivity contribution < 1.29 is 4.74 Å². The summed E-state index contributed by atoms with van der Waals surface area (Å²) < 4.78 is 15.6. The molecule has 11 heteroatoms. The molecule has 16 aromatic carbocycles. The van der Waals surface area contributed by atoms with E-state index in [0.29, 0.717) is 0 Å². The van der Waals surface area contributed by atoms with Crippen LogP contribution in [0, 0.1) is 0 Å². The summed E-state index contributed by atoms with van der Waals surface area (Å²) in [7, 11) is 0. The minimum atomic E-state index is -0.259. The Bertz CT molecular complexity index is 6840. The lowest BCUT2D eigenvalue weighted by Crippen LogP contribution is -2.64. The van der Waals surface area contributed by atoms with Gasteiger partial charge in [-0.25, -0.2) is 0 Å². The van der Waals surface area contributed by atoms with Gasteiger partial charge in [-0.05, 0) is 160 Å². The van der Waals surface area contributed by atoms with Crippen molar-refractivity contribution in [3.63, 3.8) is 0 Å². The lowest BCUT2D eigenvalue weighted by Gasteiger charge is -2.46. The van der Waals surface area contributed by atoms with E-state index < -0.39 is 0 Å². The molecule has 0 unspecified atom stereocenters. The minimum Gasteiger partial charge on any atom is -0.458 e. The van der Waals surface area contributed by atoms with Crippen molar-refractivity contribution >= 4 is 226 Å². The molecule has 0 saturated carbocycles. The Morgan fingerprint density at radius 1 is 0.252 bits per heavy atom. The number of anilines is 15. The highest BCUT2D eigenvalue weighted by Gasteiger charge is 2.49. The third kappa shape index (κ3) is 9.12. The summed E-state index contributed by atoms with van der Waals surface area (Å²) in [6, 6.07) is 133. The fourth-order valence-electron chi connectivity index (χ4n) is 18.1. The summed E-state index contributed by atoms with van der Waals surface area (Å²) >= 11 is 5.59. The van der Waals surface area contributed by atoms with Crippen LogP contribution in [0.5, 0.6) is 11.5 Å². The van der Waals surface area contributed by atoms with Gasteiger partial charge in [0.2, 0.25) is 0 Å². The van der Waals surface area contributed by atoms with Crippen molar-refractivity contribution in [2.24, 2.45) is 0 Å². The summed E-state index contributed by atoms with van der Waals surface area (Å²) in [6.07, 6.45) is 0. The molecule has 498 valence electrons. The van der Waals surface area contributed by atoms with Gasteiger partial charge in [0, 0.05) is 125 Å². The van der Waals surface area contributed by atoms with E-state index in [9.17, 15) is 0 Å². The minimum absolute atomic E-state index is 0.250. The number of thiophene rings is 3. The number of ether oxygens (including phenoxy) is 1. The molecule has 0 aliphatic carbocycles. The van der Waals surface area contributed by atoms with Crippen molar-refractivity contribution in [3.05, 3.63) is 358 Å². The molecule has 6 nitrogen and oxygen atoms in total. The third-order valence-electron chi connectivity index (χ3n) is 22.4. The number of benzene rings is 16. The van der Waals surface area contributed by atoms with E-state index in [-0.39, 0.29) is 13.4 Å². The molecule has 0 atom stereocenters. The Morgan fingerprint density at radius 2 is 0.682 bits per heavy atom. The molecule has 107 heavy (non-hydrogen) atoms. The van der Waals surface area contributed by atoms with Crippen molar-refractivity contribution in [1.82, 2.24) is 0 Å². The van der Waals surface area contributed by atoms with Gasteiger partial charge in [0.15, 0.2) is 0 Å². The first kappa shape index (κ1) is 60.5. The van der Waals surface area contributed by atoms with Gasteiger partial charge < -0.3 is 29.2 Å².